The molecule has 1 aromatic carbocycles. The summed E-state index contributed by atoms with van der Waals surface area (Å²) in [5.41, 5.74) is 1.50. The molecule has 0 fully saturated rings. The zero-order chi connectivity index (χ0) is 19.4. The lowest BCUT2D eigenvalue weighted by atomic mass is 10.3. The average molecular weight is 365 g/mol. The largest absolute Gasteiger partial charge is 0.343 e. The molecule has 0 spiro atoms. The second kappa shape index (κ2) is 7.69. The van der Waals surface area contributed by atoms with Gasteiger partial charge in [0.15, 0.2) is 0 Å². The minimum Gasteiger partial charge on any atom is -0.343 e. The van der Waals surface area contributed by atoms with Gasteiger partial charge in [0.2, 0.25) is 5.91 Å². The summed E-state index contributed by atoms with van der Waals surface area (Å²) in [6.07, 6.45) is 2.96. The number of anilines is 1. The summed E-state index contributed by atoms with van der Waals surface area (Å²) in [6.45, 7) is 1.48. The fourth-order valence-electron chi connectivity index (χ4n) is 2.66. The molecule has 0 saturated carbocycles. The molecule has 0 aliphatic rings. The fourth-order valence-corrected chi connectivity index (χ4v) is 2.66. The summed E-state index contributed by atoms with van der Waals surface area (Å²) in [5, 5.41) is 5.10. The molecule has 0 unspecified atom stereocenters. The highest BCUT2D eigenvalue weighted by Crippen LogP contribution is 2.13. The highest BCUT2D eigenvalue weighted by Gasteiger charge is 2.18. The number of carbonyl (C=O) groups is 2. The molecule has 0 radical (unpaired) electrons. The Morgan fingerprint density at radius 2 is 1.85 bits per heavy atom. The first-order chi connectivity index (χ1) is 13.0. The molecule has 2 heterocycles. The van der Waals surface area contributed by atoms with Crippen LogP contribution in [0.15, 0.2) is 59.7 Å². The number of nitrogens with one attached hydrogen (secondary N) is 2. The second-order valence-corrected chi connectivity index (χ2v) is 5.91. The van der Waals surface area contributed by atoms with Crippen molar-refractivity contribution in [2.45, 2.75) is 6.92 Å². The van der Waals surface area contributed by atoms with Crippen molar-refractivity contribution in [1.29, 1.82) is 0 Å². The van der Waals surface area contributed by atoms with Crippen LogP contribution >= 0.6 is 0 Å². The lowest BCUT2D eigenvalue weighted by Crippen LogP contribution is -2.34. The first kappa shape index (κ1) is 18.1. The van der Waals surface area contributed by atoms with Crippen LogP contribution in [0.4, 0.5) is 5.69 Å². The third-order valence-corrected chi connectivity index (χ3v) is 4.15. The molecule has 138 valence electrons. The van der Waals surface area contributed by atoms with E-state index in [-0.39, 0.29) is 17.8 Å². The van der Waals surface area contributed by atoms with Crippen LogP contribution in [0.3, 0.4) is 0 Å². The predicted molar refractivity (Wildman–Crippen MR) is 101 cm³/mol. The van der Waals surface area contributed by atoms with Gasteiger partial charge in [-0.05, 0) is 31.2 Å². The van der Waals surface area contributed by atoms with Gasteiger partial charge in [0.1, 0.15) is 5.69 Å². The van der Waals surface area contributed by atoms with Crippen LogP contribution in [-0.4, -0.2) is 32.7 Å². The van der Waals surface area contributed by atoms with Gasteiger partial charge < -0.3 is 10.6 Å². The Kier molecular flexibility index (Phi) is 5.16. The molecule has 2 N–H and O–H groups in total. The zero-order valence-electron chi connectivity index (χ0n) is 15.0. The molecule has 3 aromatic rings. The van der Waals surface area contributed by atoms with E-state index in [0.29, 0.717) is 16.9 Å². The normalized spacial score (nSPS) is 10.4. The lowest BCUT2D eigenvalue weighted by Gasteiger charge is -2.07. The van der Waals surface area contributed by atoms with Crippen LogP contribution in [0.2, 0.25) is 0 Å². The SMILES string of the molecule is Cc1c(NC(=O)CNC(=O)c2cccnc2)c(=O)n(-c2ccccc2)n1C. The van der Waals surface area contributed by atoms with Gasteiger partial charge in [-0.2, -0.15) is 0 Å². The Morgan fingerprint density at radius 3 is 2.52 bits per heavy atom. The maximum atomic E-state index is 12.7. The van der Waals surface area contributed by atoms with E-state index in [4.69, 9.17) is 0 Å². The molecule has 2 aromatic heterocycles. The molecular weight excluding hydrogens is 346 g/mol. The topological polar surface area (TPSA) is 98.0 Å². The highest BCUT2D eigenvalue weighted by atomic mass is 16.2. The average Bonchev–Trinajstić information content (AvgIpc) is 2.90. The minimum atomic E-state index is -0.488. The Bertz CT molecular complexity index is 1020. The number of carbonyl (C=O) groups excluding carboxylic acids is 2. The van der Waals surface area contributed by atoms with Gasteiger partial charge >= 0.3 is 0 Å². The van der Waals surface area contributed by atoms with Crippen molar-refractivity contribution in [2.75, 3.05) is 11.9 Å². The molecule has 8 nitrogen and oxygen atoms in total. The van der Waals surface area contributed by atoms with Crippen molar-refractivity contribution in [3.05, 3.63) is 76.5 Å². The molecule has 0 atom stereocenters. The molecule has 27 heavy (non-hydrogen) atoms. The predicted octanol–water partition coefficient (Wildman–Crippen LogP) is 1.25. The van der Waals surface area contributed by atoms with Crippen LogP contribution < -0.4 is 16.2 Å². The number of amides is 2. The number of pyridine rings is 1. The standard InChI is InChI=1S/C19H19N5O3/c1-13-17(19(27)24(23(13)2)15-8-4-3-5-9-15)22-16(25)12-21-18(26)14-7-6-10-20-11-14/h3-11H,12H2,1-2H3,(H,21,26)(H,22,25). The van der Waals surface area contributed by atoms with Crippen molar-refractivity contribution in [1.82, 2.24) is 19.7 Å². The van der Waals surface area contributed by atoms with Gasteiger partial charge in [-0.15, -0.1) is 0 Å². The molecule has 2 amide bonds. The van der Waals surface area contributed by atoms with E-state index >= 15 is 0 Å². The van der Waals surface area contributed by atoms with Gasteiger partial charge in [-0.1, -0.05) is 18.2 Å². The Labute approximate surface area is 155 Å². The number of hydrogen-bond acceptors (Lipinski definition) is 4. The number of hydrogen-bond donors (Lipinski definition) is 2. The van der Waals surface area contributed by atoms with Crippen molar-refractivity contribution < 1.29 is 9.59 Å². The number of aromatic nitrogens is 3. The number of para-hydroxylation sites is 1. The van der Waals surface area contributed by atoms with Crippen LogP contribution in [0.1, 0.15) is 16.1 Å². The summed E-state index contributed by atoms with van der Waals surface area (Å²) < 4.78 is 3.14. The zero-order valence-corrected chi connectivity index (χ0v) is 15.0. The summed E-state index contributed by atoms with van der Waals surface area (Å²) >= 11 is 0. The van der Waals surface area contributed by atoms with Gasteiger partial charge in [0, 0.05) is 19.4 Å². The quantitative estimate of drug-likeness (QED) is 0.711. The summed E-state index contributed by atoms with van der Waals surface area (Å²) in [6, 6.07) is 12.4. The van der Waals surface area contributed by atoms with Crippen LogP contribution in [0.5, 0.6) is 0 Å². The first-order valence-corrected chi connectivity index (χ1v) is 8.31. The van der Waals surface area contributed by atoms with Crippen molar-refractivity contribution in [2.24, 2.45) is 7.05 Å². The van der Waals surface area contributed by atoms with Gasteiger partial charge in [-0.3, -0.25) is 24.0 Å². The van der Waals surface area contributed by atoms with Gasteiger partial charge in [0.05, 0.1) is 23.5 Å². The Balaban J connectivity index is 1.73. The Morgan fingerprint density at radius 1 is 1.11 bits per heavy atom. The third kappa shape index (κ3) is 3.79. The van der Waals surface area contributed by atoms with Crippen LogP contribution in [0, 0.1) is 6.92 Å². The maximum absolute atomic E-state index is 12.7. The van der Waals surface area contributed by atoms with E-state index in [9.17, 15) is 14.4 Å². The van der Waals surface area contributed by atoms with E-state index in [1.165, 1.54) is 10.9 Å². The maximum Gasteiger partial charge on any atom is 0.295 e. The molecule has 0 aliphatic carbocycles. The number of benzene rings is 1. The van der Waals surface area contributed by atoms with Gasteiger partial charge in [0.25, 0.3) is 11.5 Å². The second-order valence-electron chi connectivity index (χ2n) is 5.91. The van der Waals surface area contributed by atoms with E-state index in [2.05, 4.69) is 15.6 Å². The first-order valence-electron chi connectivity index (χ1n) is 8.31. The molecule has 8 heteroatoms. The smallest absolute Gasteiger partial charge is 0.295 e. The fraction of sp³-hybridized carbons (Fsp3) is 0.158. The van der Waals surface area contributed by atoms with Crippen molar-refractivity contribution in [3.8, 4) is 5.69 Å². The monoisotopic (exact) mass is 365 g/mol. The van der Waals surface area contributed by atoms with E-state index < -0.39 is 11.8 Å². The van der Waals surface area contributed by atoms with Crippen LogP contribution in [-0.2, 0) is 11.8 Å². The molecule has 0 saturated heterocycles. The van der Waals surface area contributed by atoms with Crippen molar-refractivity contribution >= 4 is 17.5 Å². The van der Waals surface area contributed by atoms with E-state index in [0.717, 1.165) is 0 Å². The van der Waals surface area contributed by atoms with E-state index in [1.807, 2.05) is 18.2 Å². The lowest BCUT2D eigenvalue weighted by molar-refractivity contribution is -0.115. The Hall–Kier alpha value is -3.68. The summed E-state index contributed by atoms with van der Waals surface area (Å²) in [4.78, 5) is 40.8. The van der Waals surface area contributed by atoms with Gasteiger partial charge in [-0.25, -0.2) is 4.68 Å². The molecular formula is C19H19N5O3. The molecule has 0 bridgehead atoms. The summed E-state index contributed by atoms with van der Waals surface area (Å²) in [5.74, 6) is -0.900. The molecule has 0 aliphatic heterocycles. The summed E-state index contributed by atoms with van der Waals surface area (Å²) in [7, 11) is 1.74. The van der Waals surface area contributed by atoms with Crippen molar-refractivity contribution in [3.63, 3.8) is 0 Å². The van der Waals surface area contributed by atoms with E-state index in [1.54, 1.807) is 49.1 Å². The minimum absolute atomic E-state index is 0.182. The molecule has 3 rings (SSSR count). The number of nitrogens with zero attached hydrogens (tertiary/aromatic N) is 3. The third-order valence-electron chi connectivity index (χ3n) is 4.15. The highest BCUT2D eigenvalue weighted by molar-refractivity contribution is 5.99. The number of rotatable bonds is 5. The van der Waals surface area contributed by atoms with Crippen LogP contribution in [0.25, 0.3) is 5.69 Å².